The quantitative estimate of drug-likeness (QED) is 0.571. The Balaban J connectivity index is 1.53. The summed E-state index contributed by atoms with van der Waals surface area (Å²) < 4.78 is 5.44. The number of hydrogen-bond acceptors (Lipinski definition) is 4. The van der Waals surface area contributed by atoms with E-state index in [1.54, 1.807) is 0 Å². The molecule has 0 aromatic heterocycles. The lowest BCUT2D eigenvalue weighted by molar-refractivity contribution is -0.142. The SMILES string of the molecule is CCCC(CNC(=O)C(C)NC(=O)OCC1c2ccccc2-c2ccccc21)C(=O)O. The number of carboxylic acids is 1. The lowest BCUT2D eigenvalue weighted by Crippen LogP contribution is -2.46. The highest BCUT2D eigenvalue weighted by atomic mass is 16.5. The number of aliphatic carboxylic acids is 1. The summed E-state index contributed by atoms with van der Waals surface area (Å²) in [6.07, 6.45) is 0.498. The van der Waals surface area contributed by atoms with Gasteiger partial charge in [0, 0.05) is 12.5 Å². The van der Waals surface area contributed by atoms with E-state index in [-0.39, 0.29) is 19.1 Å². The molecule has 7 nitrogen and oxygen atoms in total. The Hall–Kier alpha value is -3.35. The largest absolute Gasteiger partial charge is 0.481 e. The number of amides is 2. The average molecular weight is 424 g/mol. The van der Waals surface area contributed by atoms with Gasteiger partial charge < -0.3 is 20.5 Å². The van der Waals surface area contributed by atoms with Crippen LogP contribution in [0.2, 0.25) is 0 Å². The van der Waals surface area contributed by atoms with Gasteiger partial charge in [0.2, 0.25) is 5.91 Å². The van der Waals surface area contributed by atoms with Gasteiger partial charge in [-0.2, -0.15) is 0 Å². The first-order valence-corrected chi connectivity index (χ1v) is 10.5. The maximum Gasteiger partial charge on any atom is 0.407 e. The monoisotopic (exact) mass is 424 g/mol. The van der Waals surface area contributed by atoms with Crippen molar-refractivity contribution in [3.63, 3.8) is 0 Å². The van der Waals surface area contributed by atoms with Crippen LogP contribution in [0.4, 0.5) is 4.79 Å². The van der Waals surface area contributed by atoms with Crippen molar-refractivity contribution in [2.24, 2.45) is 5.92 Å². The molecule has 31 heavy (non-hydrogen) atoms. The Morgan fingerprint density at radius 2 is 1.61 bits per heavy atom. The van der Waals surface area contributed by atoms with Gasteiger partial charge in [0.15, 0.2) is 0 Å². The molecule has 2 atom stereocenters. The summed E-state index contributed by atoms with van der Waals surface area (Å²) in [7, 11) is 0. The van der Waals surface area contributed by atoms with Gasteiger partial charge >= 0.3 is 12.1 Å². The fourth-order valence-corrected chi connectivity index (χ4v) is 3.92. The summed E-state index contributed by atoms with van der Waals surface area (Å²) in [5.41, 5.74) is 4.50. The molecule has 1 aliphatic carbocycles. The minimum atomic E-state index is -0.945. The Bertz CT molecular complexity index is 913. The zero-order chi connectivity index (χ0) is 22.4. The number of carbonyl (C=O) groups is 3. The number of ether oxygens (including phenoxy) is 1. The van der Waals surface area contributed by atoms with Crippen molar-refractivity contribution >= 4 is 18.0 Å². The highest BCUT2D eigenvalue weighted by Gasteiger charge is 2.29. The average Bonchev–Trinajstić information content (AvgIpc) is 3.08. The minimum Gasteiger partial charge on any atom is -0.481 e. The van der Waals surface area contributed by atoms with Crippen molar-refractivity contribution in [2.75, 3.05) is 13.2 Å². The van der Waals surface area contributed by atoms with E-state index in [0.717, 1.165) is 22.3 Å². The van der Waals surface area contributed by atoms with Crippen LogP contribution in [0.25, 0.3) is 11.1 Å². The maximum absolute atomic E-state index is 12.3. The third kappa shape index (κ3) is 5.23. The number of hydrogen-bond donors (Lipinski definition) is 3. The van der Waals surface area contributed by atoms with Crippen molar-refractivity contribution in [1.82, 2.24) is 10.6 Å². The molecule has 2 amide bonds. The second-order valence-electron chi connectivity index (χ2n) is 7.76. The molecule has 0 aliphatic heterocycles. The standard InChI is InChI=1S/C24H28N2O5/c1-3-8-16(23(28)29)13-25-22(27)15(2)26-24(30)31-14-21-19-11-6-4-9-17(19)18-10-5-7-12-20(18)21/h4-7,9-12,15-16,21H,3,8,13-14H2,1-2H3,(H,25,27)(H,26,30)(H,28,29). The Morgan fingerprint density at radius 3 is 2.16 bits per heavy atom. The molecule has 7 heteroatoms. The molecule has 164 valence electrons. The third-order valence-electron chi connectivity index (χ3n) is 5.58. The van der Waals surface area contributed by atoms with Crippen LogP contribution in [0.5, 0.6) is 0 Å². The summed E-state index contributed by atoms with van der Waals surface area (Å²) >= 11 is 0. The fraction of sp³-hybridized carbons (Fsp3) is 0.375. The number of alkyl carbamates (subject to hydrolysis) is 1. The molecule has 0 saturated heterocycles. The van der Waals surface area contributed by atoms with E-state index in [4.69, 9.17) is 4.74 Å². The van der Waals surface area contributed by atoms with E-state index in [1.807, 2.05) is 43.3 Å². The van der Waals surface area contributed by atoms with Gasteiger partial charge in [0.25, 0.3) is 0 Å². The van der Waals surface area contributed by atoms with Crippen LogP contribution < -0.4 is 10.6 Å². The number of fused-ring (bicyclic) bond motifs is 3. The van der Waals surface area contributed by atoms with Gasteiger partial charge in [-0.15, -0.1) is 0 Å². The van der Waals surface area contributed by atoms with Crippen LogP contribution in [0, 0.1) is 5.92 Å². The molecular weight excluding hydrogens is 396 g/mol. The molecule has 2 aromatic rings. The molecular formula is C24H28N2O5. The summed E-state index contributed by atoms with van der Waals surface area (Å²) in [6.45, 7) is 3.61. The maximum atomic E-state index is 12.3. The molecule has 0 bridgehead atoms. The molecule has 3 N–H and O–H groups in total. The Kier molecular flexibility index (Phi) is 7.28. The van der Waals surface area contributed by atoms with Gasteiger partial charge in [0.05, 0.1) is 5.92 Å². The zero-order valence-electron chi connectivity index (χ0n) is 17.8. The number of rotatable bonds is 9. The summed E-state index contributed by atoms with van der Waals surface area (Å²) in [5, 5.41) is 14.3. The molecule has 0 heterocycles. The van der Waals surface area contributed by atoms with Crippen LogP contribution in [-0.2, 0) is 14.3 Å². The van der Waals surface area contributed by atoms with E-state index in [2.05, 4.69) is 22.8 Å². The first-order chi connectivity index (χ1) is 14.9. The molecule has 1 aliphatic rings. The van der Waals surface area contributed by atoms with Crippen LogP contribution in [0.15, 0.2) is 48.5 Å². The van der Waals surface area contributed by atoms with Crippen LogP contribution in [-0.4, -0.2) is 42.3 Å². The number of carbonyl (C=O) groups excluding carboxylic acids is 2. The Morgan fingerprint density at radius 1 is 1.03 bits per heavy atom. The van der Waals surface area contributed by atoms with Crippen molar-refractivity contribution in [2.45, 2.75) is 38.6 Å². The highest BCUT2D eigenvalue weighted by molar-refractivity contribution is 5.85. The van der Waals surface area contributed by atoms with Crippen molar-refractivity contribution in [3.05, 3.63) is 59.7 Å². The van der Waals surface area contributed by atoms with Crippen LogP contribution in [0.1, 0.15) is 43.7 Å². The van der Waals surface area contributed by atoms with Crippen molar-refractivity contribution in [1.29, 1.82) is 0 Å². The lowest BCUT2D eigenvalue weighted by Gasteiger charge is -2.18. The van der Waals surface area contributed by atoms with Crippen LogP contribution >= 0.6 is 0 Å². The second kappa shape index (κ2) is 10.1. The van der Waals surface area contributed by atoms with Gasteiger partial charge in [0.1, 0.15) is 12.6 Å². The van der Waals surface area contributed by atoms with Crippen molar-refractivity contribution < 1.29 is 24.2 Å². The lowest BCUT2D eigenvalue weighted by atomic mass is 9.98. The molecule has 0 fully saturated rings. The van der Waals surface area contributed by atoms with E-state index in [9.17, 15) is 19.5 Å². The first-order valence-electron chi connectivity index (χ1n) is 10.5. The second-order valence-corrected chi connectivity index (χ2v) is 7.76. The fourth-order valence-electron chi connectivity index (χ4n) is 3.92. The summed E-state index contributed by atoms with van der Waals surface area (Å²) in [4.78, 5) is 35.7. The predicted molar refractivity (Wildman–Crippen MR) is 117 cm³/mol. The number of carboxylic acid groups (broad SMARTS) is 1. The normalized spacial score (nSPS) is 14.1. The van der Waals surface area contributed by atoms with Gasteiger partial charge in [-0.05, 0) is 35.6 Å². The topological polar surface area (TPSA) is 105 Å². The zero-order valence-corrected chi connectivity index (χ0v) is 17.8. The molecule has 2 unspecified atom stereocenters. The molecule has 3 rings (SSSR count). The number of nitrogens with one attached hydrogen (secondary N) is 2. The smallest absolute Gasteiger partial charge is 0.407 e. The predicted octanol–water partition coefficient (Wildman–Crippen LogP) is 3.53. The van der Waals surface area contributed by atoms with Crippen molar-refractivity contribution in [3.8, 4) is 11.1 Å². The van der Waals surface area contributed by atoms with E-state index in [0.29, 0.717) is 12.8 Å². The first kappa shape index (κ1) is 22.3. The van der Waals surface area contributed by atoms with E-state index >= 15 is 0 Å². The molecule has 0 saturated carbocycles. The summed E-state index contributed by atoms with van der Waals surface area (Å²) in [6, 6.07) is 15.3. The Labute approximate surface area is 181 Å². The van der Waals surface area contributed by atoms with E-state index < -0.39 is 29.9 Å². The molecule has 0 spiro atoms. The highest BCUT2D eigenvalue weighted by Crippen LogP contribution is 2.44. The number of benzene rings is 2. The summed E-state index contributed by atoms with van der Waals surface area (Å²) in [5.74, 6) is -2.10. The van der Waals surface area contributed by atoms with Gasteiger partial charge in [-0.3, -0.25) is 9.59 Å². The molecule has 2 aromatic carbocycles. The molecule has 0 radical (unpaired) electrons. The van der Waals surface area contributed by atoms with Gasteiger partial charge in [-0.25, -0.2) is 4.79 Å². The van der Waals surface area contributed by atoms with E-state index in [1.165, 1.54) is 6.92 Å². The van der Waals surface area contributed by atoms with Crippen LogP contribution in [0.3, 0.4) is 0 Å². The van der Waals surface area contributed by atoms with Gasteiger partial charge in [-0.1, -0.05) is 61.9 Å². The third-order valence-corrected chi connectivity index (χ3v) is 5.58. The minimum absolute atomic E-state index is 0.0265.